The van der Waals surface area contributed by atoms with E-state index < -0.39 is 48.6 Å². The smallest absolute Gasteiger partial charge is 0.407 e. The second-order valence-electron chi connectivity index (χ2n) is 15.5. The van der Waals surface area contributed by atoms with E-state index in [1.54, 1.807) is 6.08 Å². The molecule has 0 saturated carbocycles. The maximum absolute atomic E-state index is 13.2. The van der Waals surface area contributed by atoms with Crippen LogP contribution in [0.25, 0.3) is 11.1 Å². The van der Waals surface area contributed by atoms with Crippen molar-refractivity contribution in [3.63, 3.8) is 0 Å². The molecule has 11 nitrogen and oxygen atoms in total. The summed E-state index contributed by atoms with van der Waals surface area (Å²) < 4.78 is 37.3. The average molecular weight is 839 g/mol. The summed E-state index contributed by atoms with van der Waals surface area (Å²) in [5.41, 5.74) is 7.37. The molecular weight excluding hydrogens is 785 g/mol. The van der Waals surface area contributed by atoms with Crippen LogP contribution < -0.4 is 10.6 Å². The summed E-state index contributed by atoms with van der Waals surface area (Å²) in [6, 6.07) is 44.1. The Morgan fingerprint density at radius 2 is 1.18 bits per heavy atom. The lowest BCUT2D eigenvalue weighted by molar-refractivity contribution is -0.231. The number of fused-ring (bicyclic) bond motifs is 3. The van der Waals surface area contributed by atoms with E-state index in [2.05, 4.69) is 22.8 Å². The molecule has 11 heteroatoms. The first-order chi connectivity index (χ1) is 30.4. The second-order valence-corrected chi connectivity index (χ2v) is 15.5. The van der Waals surface area contributed by atoms with Crippen LogP contribution >= 0.6 is 0 Å². The van der Waals surface area contributed by atoms with Gasteiger partial charge in [0.25, 0.3) is 0 Å². The first-order valence-electron chi connectivity index (χ1n) is 21.1. The van der Waals surface area contributed by atoms with E-state index in [0.29, 0.717) is 13.0 Å². The van der Waals surface area contributed by atoms with Crippen LogP contribution in [-0.4, -0.2) is 74.8 Å². The number of amides is 2. The Labute approximate surface area is 363 Å². The largest absolute Gasteiger partial charge is 0.467 e. The normalized spacial score (nSPS) is 19.9. The number of esters is 1. The number of alkyl carbamates (subject to hydrolysis) is 1. The highest BCUT2D eigenvalue weighted by Gasteiger charge is 2.47. The minimum Gasteiger partial charge on any atom is -0.467 e. The number of methoxy groups -OCH3 is 1. The zero-order valence-corrected chi connectivity index (χ0v) is 35.1. The Kier molecular flexibility index (Phi) is 15.7. The third-order valence-electron chi connectivity index (χ3n) is 11.2. The molecule has 2 aliphatic rings. The number of nitrogens with one attached hydrogen (secondary N) is 2. The summed E-state index contributed by atoms with van der Waals surface area (Å²) in [4.78, 5) is 39.0. The van der Waals surface area contributed by atoms with E-state index in [4.69, 9.17) is 28.4 Å². The van der Waals surface area contributed by atoms with Crippen molar-refractivity contribution in [2.75, 3.05) is 20.3 Å². The third-order valence-corrected chi connectivity index (χ3v) is 11.2. The van der Waals surface area contributed by atoms with Gasteiger partial charge in [0.1, 0.15) is 31.0 Å². The monoisotopic (exact) mass is 838 g/mol. The molecule has 0 spiro atoms. The van der Waals surface area contributed by atoms with Crippen LogP contribution in [0.3, 0.4) is 0 Å². The lowest BCUT2D eigenvalue weighted by Crippen LogP contribution is -2.65. The van der Waals surface area contributed by atoms with Gasteiger partial charge in [-0.15, -0.1) is 0 Å². The minimum atomic E-state index is -1.01. The fraction of sp³-hybridized carbons (Fsp3) is 0.314. The first-order valence-corrected chi connectivity index (χ1v) is 21.1. The quantitative estimate of drug-likeness (QED) is 0.0627. The Hall–Kier alpha value is -6.11. The lowest BCUT2D eigenvalue weighted by Gasteiger charge is -2.46. The maximum atomic E-state index is 13.2. The second kappa shape index (κ2) is 22.1. The SMILES string of the molecule is COC(=O)[C@H](C/C=C/C[C@H]1O[C@H](COCc2ccccc2)[C@@H](OCc2ccccc2)[C@H](OCc2ccccc2)[C@H]1NC(C)=O)NC(=O)OCC1c2ccccc2-c2ccccc21. The number of hydrogen-bond donors (Lipinski definition) is 2. The lowest BCUT2D eigenvalue weighted by atomic mass is 9.90. The number of hydrogen-bond acceptors (Lipinski definition) is 9. The van der Waals surface area contributed by atoms with Gasteiger partial charge in [-0.25, -0.2) is 9.59 Å². The first kappa shape index (κ1) is 44.0. The molecule has 322 valence electrons. The van der Waals surface area contributed by atoms with E-state index in [0.717, 1.165) is 38.9 Å². The van der Waals surface area contributed by atoms with Crippen LogP contribution in [0, 0.1) is 0 Å². The van der Waals surface area contributed by atoms with Gasteiger partial charge >= 0.3 is 12.1 Å². The van der Waals surface area contributed by atoms with Crippen molar-refractivity contribution in [3.05, 3.63) is 179 Å². The van der Waals surface area contributed by atoms with E-state index in [9.17, 15) is 14.4 Å². The zero-order valence-electron chi connectivity index (χ0n) is 35.1. The molecule has 7 rings (SSSR count). The predicted octanol–water partition coefficient (Wildman–Crippen LogP) is 8.06. The van der Waals surface area contributed by atoms with Crippen LogP contribution in [-0.2, 0) is 57.8 Å². The molecule has 1 saturated heterocycles. The van der Waals surface area contributed by atoms with Gasteiger partial charge in [0.15, 0.2) is 0 Å². The number of carbonyl (C=O) groups excluding carboxylic acids is 3. The molecule has 1 aliphatic heterocycles. The number of benzene rings is 5. The zero-order chi connectivity index (χ0) is 43.1. The highest BCUT2D eigenvalue weighted by molar-refractivity contribution is 5.82. The highest BCUT2D eigenvalue weighted by Crippen LogP contribution is 2.44. The van der Waals surface area contributed by atoms with Crippen LogP contribution in [0.5, 0.6) is 0 Å². The summed E-state index contributed by atoms with van der Waals surface area (Å²) in [5.74, 6) is -0.996. The fourth-order valence-corrected chi connectivity index (χ4v) is 8.16. The topological polar surface area (TPSA) is 131 Å². The third kappa shape index (κ3) is 11.6. The molecule has 0 radical (unpaired) electrons. The fourth-order valence-electron chi connectivity index (χ4n) is 8.16. The van der Waals surface area contributed by atoms with Gasteiger partial charge in [-0.1, -0.05) is 152 Å². The average Bonchev–Trinajstić information content (AvgIpc) is 3.62. The van der Waals surface area contributed by atoms with Crippen molar-refractivity contribution in [1.82, 2.24) is 10.6 Å². The van der Waals surface area contributed by atoms with Gasteiger partial charge in [-0.2, -0.15) is 0 Å². The molecule has 2 N–H and O–H groups in total. The summed E-state index contributed by atoms with van der Waals surface area (Å²) in [5, 5.41) is 5.81. The van der Waals surface area contributed by atoms with Crippen molar-refractivity contribution < 1.29 is 42.8 Å². The van der Waals surface area contributed by atoms with E-state index in [1.165, 1.54) is 14.0 Å². The van der Waals surface area contributed by atoms with Crippen LogP contribution in [0.2, 0.25) is 0 Å². The van der Waals surface area contributed by atoms with Gasteiger partial charge < -0.3 is 39.1 Å². The van der Waals surface area contributed by atoms with Crippen molar-refractivity contribution in [2.24, 2.45) is 0 Å². The van der Waals surface area contributed by atoms with Crippen molar-refractivity contribution in [2.45, 2.75) is 82.0 Å². The van der Waals surface area contributed by atoms with Crippen molar-refractivity contribution in [1.29, 1.82) is 0 Å². The van der Waals surface area contributed by atoms with Crippen molar-refractivity contribution in [3.8, 4) is 11.1 Å². The Bertz CT molecular complexity index is 2190. The summed E-state index contributed by atoms with van der Waals surface area (Å²) >= 11 is 0. The molecule has 1 aliphatic carbocycles. The number of rotatable bonds is 19. The summed E-state index contributed by atoms with van der Waals surface area (Å²) in [6.07, 6.45) is 0.957. The Morgan fingerprint density at radius 1 is 0.645 bits per heavy atom. The van der Waals surface area contributed by atoms with Crippen molar-refractivity contribution >= 4 is 18.0 Å². The van der Waals surface area contributed by atoms with Crippen LogP contribution in [0.1, 0.15) is 53.5 Å². The molecule has 62 heavy (non-hydrogen) atoms. The molecular formula is C51H54N2O9. The van der Waals surface area contributed by atoms with E-state index >= 15 is 0 Å². The van der Waals surface area contributed by atoms with Crippen LogP contribution in [0.4, 0.5) is 4.79 Å². The molecule has 0 unspecified atom stereocenters. The molecule has 1 heterocycles. The van der Waals surface area contributed by atoms with Gasteiger partial charge in [0, 0.05) is 12.8 Å². The Morgan fingerprint density at radius 3 is 1.74 bits per heavy atom. The molecule has 5 aromatic rings. The molecule has 5 aromatic carbocycles. The standard InChI is InChI=1S/C51H54N2O9/c1-35(54)52-47-45(29-17-16-28-44(50(55)57-2)53-51(56)61-33-43-41-26-14-12-24-39(41)40-25-13-15-27-42(40)43)62-46(34-58-30-36-18-6-3-7-19-36)48(59-31-37-20-8-4-9-21-37)49(47)60-32-38-22-10-5-11-23-38/h3-27,43-49H,28-34H2,1-2H3,(H,52,54)(H,53,56)/b17-16+/t44-,45+,46+,47-,48+,49+/m0/s1. The maximum Gasteiger partial charge on any atom is 0.407 e. The predicted molar refractivity (Wildman–Crippen MR) is 235 cm³/mol. The van der Waals surface area contributed by atoms with E-state index in [1.807, 2.05) is 133 Å². The summed E-state index contributed by atoms with van der Waals surface area (Å²) in [7, 11) is 1.28. The van der Waals surface area contributed by atoms with Gasteiger partial charge in [0.05, 0.1) is 45.7 Å². The minimum absolute atomic E-state index is 0.104. The van der Waals surface area contributed by atoms with Crippen LogP contribution in [0.15, 0.2) is 152 Å². The number of ether oxygens (including phenoxy) is 6. The molecule has 1 fully saturated rings. The molecule has 0 aromatic heterocycles. The molecule has 6 atom stereocenters. The van der Waals surface area contributed by atoms with Gasteiger partial charge in [-0.3, -0.25) is 4.79 Å². The summed E-state index contributed by atoms with van der Waals surface area (Å²) in [6.45, 7) is 2.69. The van der Waals surface area contributed by atoms with Gasteiger partial charge in [-0.05, 0) is 51.8 Å². The molecule has 0 bridgehead atoms. The van der Waals surface area contributed by atoms with Gasteiger partial charge in [0.2, 0.25) is 5.91 Å². The molecule has 2 amide bonds. The number of carbonyl (C=O) groups is 3. The highest BCUT2D eigenvalue weighted by atomic mass is 16.6. The van der Waals surface area contributed by atoms with E-state index in [-0.39, 0.29) is 44.7 Å². The Balaban J connectivity index is 1.06.